The van der Waals surface area contributed by atoms with E-state index in [1.165, 1.54) is 69.8 Å². The molecule has 2 nitrogen and oxygen atoms in total. The highest BCUT2D eigenvalue weighted by atomic mass is 16.6. The molecule has 2 heteroatoms. The van der Waals surface area contributed by atoms with Crippen LogP contribution in [0.5, 0.6) is 0 Å². The average Bonchev–Trinajstić information content (AvgIpc) is 2.63. The molecule has 2 rings (SSSR count). The molecule has 1 aromatic rings. The summed E-state index contributed by atoms with van der Waals surface area (Å²) in [6.45, 7) is 2.27. The van der Waals surface area contributed by atoms with Crippen molar-refractivity contribution in [3.05, 3.63) is 35.9 Å². The van der Waals surface area contributed by atoms with Crippen LogP contribution in [0.2, 0.25) is 0 Å². The van der Waals surface area contributed by atoms with Gasteiger partial charge in [-0.25, -0.2) is 0 Å². The number of aryl methyl sites for hydroxylation is 1. The highest BCUT2D eigenvalue weighted by molar-refractivity contribution is 5.78. The summed E-state index contributed by atoms with van der Waals surface area (Å²) in [4.78, 5) is 11.7. The molecule has 1 saturated heterocycles. The van der Waals surface area contributed by atoms with E-state index in [1.807, 2.05) is 6.07 Å². The van der Waals surface area contributed by atoms with Gasteiger partial charge in [-0.1, -0.05) is 101 Å². The van der Waals surface area contributed by atoms with Gasteiger partial charge in [0, 0.05) is 0 Å². The van der Waals surface area contributed by atoms with Gasteiger partial charge in [-0.3, -0.25) is 4.79 Å². The number of ether oxygens (including phenoxy) is 1. The van der Waals surface area contributed by atoms with Crippen molar-refractivity contribution in [2.24, 2.45) is 5.92 Å². The number of cyclic esters (lactones) is 1. The van der Waals surface area contributed by atoms with Gasteiger partial charge in [-0.15, -0.1) is 0 Å². The number of unbranched alkanes of at least 4 members (excludes halogenated alkanes) is 9. The zero-order valence-electron chi connectivity index (χ0n) is 16.1. The van der Waals surface area contributed by atoms with Gasteiger partial charge >= 0.3 is 5.97 Å². The minimum absolute atomic E-state index is 0.0361. The Morgan fingerprint density at radius 1 is 0.800 bits per heavy atom. The molecular formula is C23H36O2. The molecule has 0 saturated carbocycles. The van der Waals surface area contributed by atoms with Crippen molar-refractivity contribution in [2.45, 2.75) is 96.5 Å². The van der Waals surface area contributed by atoms with Crippen molar-refractivity contribution in [1.29, 1.82) is 0 Å². The molecule has 0 radical (unpaired) electrons. The Labute approximate surface area is 154 Å². The molecule has 0 unspecified atom stereocenters. The summed E-state index contributed by atoms with van der Waals surface area (Å²) in [5.41, 5.74) is 1.34. The molecule has 140 valence electrons. The standard InChI is InChI=1S/C23H36O2/c1-2-3-4-5-6-7-8-9-10-14-17-21-22(25-23(21)24)19-18-20-15-12-11-13-16-20/h11-13,15-16,21-22H,2-10,14,17-19H2,1H3/t21-,22-/m1/s1. The van der Waals surface area contributed by atoms with Gasteiger partial charge in [0.2, 0.25) is 0 Å². The van der Waals surface area contributed by atoms with Crippen molar-refractivity contribution < 1.29 is 9.53 Å². The second-order valence-corrected chi connectivity index (χ2v) is 7.58. The van der Waals surface area contributed by atoms with Crippen LogP contribution in [-0.2, 0) is 16.0 Å². The fourth-order valence-electron chi connectivity index (χ4n) is 3.77. The summed E-state index contributed by atoms with van der Waals surface area (Å²) < 4.78 is 5.38. The normalized spacial score (nSPS) is 19.5. The molecule has 1 fully saturated rings. The molecule has 0 amide bonds. The van der Waals surface area contributed by atoms with Crippen LogP contribution in [0.4, 0.5) is 0 Å². The Hall–Kier alpha value is -1.31. The minimum Gasteiger partial charge on any atom is -0.461 e. The molecule has 0 aromatic heterocycles. The lowest BCUT2D eigenvalue weighted by Crippen LogP contribution is -2.45. The summed E-state index contributed by atoms with van der Waals surface area (Å²) >= 11 is 0. The van der Waals surface area contributed by atoms with E-state index in [0.717, 1.165) is 19.3 Å². The molecule has 1 heterocycles. The molecule has 2 atom stereocenters. The van der Waals surface area contributed by atoms with Gasteiger partial charge in [-0.05, 0) is 24.8 Å². The average molecular weight is 345 g/mol. The Morgan fingerprint density at radius 3 is 2.00 bits per heavy atom. The predicted octanol–water partition coefficient (Wildman–Crippen LogP) is 6.47. The summed E-state index contributed by atoms with van der Waals surface area (Å²) in [5.74, 6) is 0.201. The summed E-state index contributed by atoms with van der Waals surface area (Å²) in [5, 5.41) is 0. The quantitative estimate of drug-likeness (QED) is 0.285. The molecule has 1 aromatic carbocycles. The van der Waals surface area contributed by atoms with Crippen molar-refractivity contribution in [2.75, 3.05) is 0 Å². The van der Waals surface area contributed by atoms with E-state index in [0.29, 0.717) is 0 Å². The van der Waals surface area contributed by atoms with Crippen LogP contribution in [-0.4, -0.2) is 12.1 Å². The zero-order valence-corrected chi connectivity index (χ0v) is 16.1. The van der Waals surface area contributed by atoms with Crippen LogP contribution in [0.15, 0.2) is 30.3 Å². The molecule has 0 aliphatic carbocycles. The van der Waals surface area contributed by atoms with Gasteiger partial charge < -0.3 is 4.74 Å². The maximum absolute atomic E-state index is 11.7. The SMILES string of the molecule is CCCCCCCCCCCC[C@H]1C(=O)O[C@@H]1CCc1ccccc1. The van der Waals surface area contributed by atoms with Gasteiger partial charge in [0.15, 0.2) is 0 Å². The Balaban J connectivity index is 1.48. The number of benzene rings is 1. The lowest BCUT2D eigenvalue weighted by Gasteiger charge is -2.35. The van der Waals surface area contributed by atoms with Crippen LogP contribution in [0.1, 0.15) is 89.5 Å². The molecule has 0 bridgehead atoms. The van der Waals surface area contributed by atoms with E-state index >= 15 is 0 Å². The molecule has 0 N–H and O–H groups in total. The Kier molecular flexibility index (Phi) is 9.69. The molecular weight excluding hydrogens is 308 g/mol. The van der Waals surface area contributed by atoms with E-state index in [1.54, 1.807) is 0 Å². The minimum atomic E-state index is 0.0361. The van der Waals surface area contributed by atoms with Gasteiger partial charge in [0.05, 0.1) is 5.92 Å². The fourth-order valence-corrected chi connectivity index (χ4v) is 3.77. The highest BCUT2D eigenvalue weighted by Crippen LogP contribution is 2.31. The topological polar surface area (TPSA) is 26.3 Å². The van der Waals surface area contributed by atoms with Gasteiger partial charge in [0.25, 0.3) is 0 Å². The number of hydrogen-bond donors (Lipinski definition) is 0. The molecule has 1 aliphatic rings. The van der Waals surface area contributed by atoms with Crippen LogP contribution in [0, 0.1) is 5.92 Å². The van der Waals surface area contributed by atoms with E-state index in [2.05, 4.69) is 31.2 Å². The van der Waals surface area contributed by atoms with E-state index in [-0.39, 0.29) is 18.0 Å². The first-order valence-corrected chi connectivity index (χ1v) is 10.6. The number of rotatable bonds is 14. The van der Waals surface area contributed by atoms with E-state index in [9.17, 15) is 4.79 Å². The monoisotopic (exact) mass is 344 g/mol. The predicted molar refractivity (Wildman–Crippen MR) is 105 cm³/mol. The second-order valence-electron chi connectivity index (χ2n) is 7.58. The van der Waals surface area contributed by atoms with E-state index < -0.39 is 0 Å². The summed E-state index contributed by atoms with van der Waals surface area (Å²) in [6.07, 6.45) is 16.6. The van der Waals surface area contributed by atoms with Crippen molar-refractivity contribution >= 4 is 5.97 Å². The van der Waals surface area contributed by atoms with Crippen molar-refractivity contribution in [1.82, 2.24) is 0 Å². The number of hydrogen-bond acceptors (Lipinski definition) is 2. The Bertz CT molecular complexity index is 468. The number of carbonyl (C=O) groups excluding carboxylic acids is 1. The Morgan fingerprint density at radius 2 is 1.40 bits per heavy atom. The van der Waals surface area contributed by atoms with Gasteiger partial charge in [-0.2, -0.15) is 0 Å². The van der Waals surface area contributed by atoms with E-state index in [4.69, 9.17) is 4.74 Å². The van der Waals surface area contributed by atoms with Gasteiger partial charge in [0.1, 0.15) is 6.10 Å². The second kappa shape index (κ2) is 12.1. The van der Waals surface area contributed by atoms with Crippen LogP contribution < -0.4 is 0 Å². The first-order valence-electron chi connectivity index (χ1n) is 10.6. The third-order valence-corrected chi connectivity index (χ3v) is 5.45. The molecule has 1 aliphatic heterocycles. The lowest BCUT2D eigenvalue weighted by atomic mass is 9.87. The smallest absolute Gasteiger partial charge is 0.313 e. The van der Waals surface area contributed by atoms with Crippen LogP contribution in [0.3, 0.4) is 0 Å². The maximum Gasteiger partial charge on any atom is 0.313 e. The first kappa shape index (κ1) is 20.0. The number of carbonyl (C=O) groups is 1. The number of esters is 1. The fraction of sp³-hybridized carbons (Fsp3) is 0.696. The maximum atomic E-state index is 11.7. The van der Waals surface area contributed by atoms with Crippen molar-refractivity contribution in [3.8, 4) is 0 Å². The summed E-state index contributed by atoms with van der Waals surface area (Å²) in [6, 6.07) is 10.5. The van der Waals surface area contributed by atoms with Crippen LogP contribution >= 0.6 is 0 Å². The first-order chi connectivity index (χ1) is 12.3. The molecule has 0 spiro atoms. The highest BCUT2D eigenvalue weighted by Gasteiger charge is 2.40. The lowest BCUT2D eigenvalue weighted by molar-refractivity contribution is -0.185. The summed E-state index contributed by atoms with van der Waals surface area (Å²) in [7, 11) is 0. The third kappa shape index (κ3) is 7.63. The molecule has 25 heavy (non-hydrogen) atoms. The largest absolute Gasteiger partial charge is 0.461 e. The van der Waals surface area contributed by atoms with Crippen molar-refractivity contribution in [3.63, 3.8) is 0 Å². The van der Waals surface area contributed by atoms with Crippen LogP contribution in [0.25, 0.3) is 0 Å². The zero-order chi connectivity index (χ0) is 17.7. The third-order valence-electron chi connectivity index (χ3n) is 5.45.